The normalized spacial score (nSPS) is 13.3. The molecule has 0 heterocycles. The third kappa shape index (κ3) is 6.81. The Bertz CT molecular complexity index is 189. The van der Waals surface area contributed by atoms with E-state index in [0.29, 0.717) is 0 Å². The maximum Gasteiger partial charge on any atom is 0.336 e. The molecule has 90 valence electrons. The lowest BCUT2D eigenvalue weighted by molar-refractivity contribution is 0.189. The molecule has 3 nitrogen and oxygen atoms in total. The Hall–Kier alpha value is -0.193. The average molecular weight is 231 g/mol. The van der Waals surface area contributed by atoms with Gasteiger partial charge in [0, 0.05) is 31.5 Å². The van der Waals surface area contributed by atoms with Gasteiger partial charge in [0.05, 0.1) is 0 Å². The van der Waals surface area contributed by atoms with E-state index in [4.69, 9.17) is 8.85 Å². The van der Waals surface area contributed by atoms with E-state index in [0.717, 1.165) is 32.2 Å². The largest absolute Gasteiger partial charge is 0.395 e. The highest BCUT2D eigenvalue weighted by atomic mass is 28.4. The highest BCUT2D eigenvalue weighted by Gasteiger charge is 2.29. The van der Waals surface area contributed by atoms with Crippen LogP contribution in [-0.2, 0) is 8.85 Å². The van der Waals surface area contributed by atoms with Crippen LogP contribution in [0, 0.1) is 0 Å². The molecule has 15 heavy (non-hydrogen) atoms. The van der Waals surface area contributed by atoms with Crippen molar-refractivity contribution in [3.8, 4) is 0 Å². The van der Waals surface area contributed by atoms with Gasteiger partial charge in [0.2, 0.25) is 0 Å². The smallest absolute Gasteiger partial charge is 0.336 e. The number of hydrogen-bond acceptors (Lipinski definition) is 3. The Morgan fingerprint density at radius 1 is 1.13 bits per heavy atom. The molecule has 4 heteroatoms. The lowest BCUT2D eigenvalue weighted by Gasteiger charge is -2.25. The Morgan fingerprint density at radius 3 is 2.07 bits per heavy atom. The Balaban J connectivity index is 4.06. The lowest BCUT2D eigenvalue weighted by Crippen LogP contribution is -2.39. The molecule has 0 saturated heterocycles. The Morgan fingerprint density at radius 2 is 1.67 bits per heavy atom. The first-order chi connectivity index (χ1) is 7.08. The minimum absolute atomic E-state index is 0.735. The van der Waals surface area contributed by atoms with Gasteiger partial charge in [-0.1, -0.05) is 6.92 Å². The molecule has 0 saturated carbocycles. The van der Waals surface area contributed by atoms with E-state index in [2.05, 4.69) is 25.4 Å². The molecule has 0 radical (unpaired) electrons. The maximum absolute atomic E-state index is 5.73. The molecule has 0 aromatic heterocycles. The van der Waals surface area contributed by atoms with Crippen LogP contribution in [0.15, 0.2) is 4.99 Å². The van der Waals surface area contributed by atoms with Crippen LogP contribution < -0.4 is 0 Å². The van der Waals surface area contributed by atoms with Crippen LogP contribution in [0.5, 0.6) is 0 Å². The van der Waals surface area contributed by atoms with Gasteiger partial charge in [-0.2, -0.15) is 0 Å². The zero-order valence-corrected chi connectivity index (χ0v) is 11.8. The first-order valence-corrected chi connectivity index (χ1v) is 8.38. The quantitative estimate of drug-likeness (QED) is 0.475. The summed E-state index contributed by atoms with van der Waals surface area (Å²) in [5, 5.41) is 0. The molecule has 0 bridgehead atoms. The van der Waals surface area contributed by atoms with Crippen molar-refractivity contribution in [1.82, 2.24) is 0 Å². The van der Waals surface area contributed by atoms with Crippen LogP contribution in [0.2, 0.25) is 12.6 Å². The molecule has 0 spiro atoms. The number of nitrogens with zero attached hydrogens (tertiary/aromatic N) is 1. The number of hydrogen-bond donors (Lipinski definition) is 0. The molecule has 0 fully saturated rings. The second-order valence-electron chi connectivity index (χ2n) is 3.72. The summed E-state index contributed by atoms with van der Waals surface area (Å²) in [5.74, 6) is 0. The van der Waals surface area contributed by atoms with E-state index in [1.165, 1.54) is 5.71 Å². The predicted molar refractivity (Wildman–Crippen MR) is 67.9 cm³/mol. The number of rotatable bonds is 8. The first-order valence-electron chi connectivity index (χ1n) is 5.85. The average Bonchev–Trinajstić information content (AvgIpc) is 2.18. The molecule has 0 amide bonds. The van der Waals surface area contributed by atoms with E-state index in [1.54, 1.807) is 0 Å². The zero-order valence-electron chi connectivity index (χ0n) is 10.8. The molecule has 0 N–H and O–H groups in total. The molecule has 0 aromatic rings. The van der Waals surface area contributed by atoms with Gasteiger partial charge in [-0.3, -0.25) is 4.99 Å². The monoisotopic (exact) mass is 231 g/mol. The van der Waals surface area contributed by atoms with Crippen molar-refractivity contribution in [3.05, 3.63) is 0 Å². The standard InChI is InChI=1S/C11H25NO2Si/c1-6-11(4)12-9-10-15(5,13-7-2)14-8-3/h6-10H2,1-5H3/b12-11+. The molecule has 0 aromatic carbocycles. The SMILES string of the molecule is CCO[Si](C)(CC/N=C(\C)CC)OCC. The minimum Gasteiger partial charge on any atom is -0.395 e. The molecular formula is C11H25NO2Si. The Kier molecular flexibility index (Phi) is 7.91. The van der Waals surface area contributed by atoms with Crippen molar-refractivity contribution in [3.63, 3.8) is 0 Å². The van der Waals surface area contributed by atoms with Crippen molar-refractivity contribution in [2.24, 2.45) is 4.99 Å². The van der Waals surface area contributed by atoms with Crippen LogP contribution in [0.25, 0.3) is 0 Å². The first kappa shape index (κ1) is 14.8. The van der Waals surface area contributed by atoms with Crippen molar-refractivity contribution < 1.29 is 8.85 Å². The van der Waals surface area contributed by atoms with Crippen LogP contribution in [0.3, 0.4) is 0 Å². The van der Waals surface area contributed by atoms with Gasteiger partial charge in [0.15, 0.2) is 0 Å². The third-order valence-corrected chi connectivity index (χ3v) is 5.29. The van der Waals surface area contributed by atoms with Gasteiger partial charge in [-0.15, -0.1) is 0 Å². The van der Waals surface area contributed by atoms with Crippen molar-refractivity contribution in [1.29, 1.82) is 0 Å². The molecule has 0 unspecified atom stereocenters. The van der Waals surface area contributed by atoms with E-state index in [1.807, 2.05) is 13.8 Å². The lowest BCUT2D eigenvalue weighted by atomic mass is 10.3. The van der Waals surface area contributed by atoms with Crippen molar-refractivity contribution in [2.45, 2.75) is 46.7 Å². The molecule has 0 rings (SSSR count). The maximum atomic E-state index is 5.73. The second-order valence-corrected chi connectivity index (χ2v) is 7.07. The molecule has 0 atom stereocenters. The molecular weight excluding hydrogens is 206 g/mol. The summed E-state index contributed by atoms with van der Waals surface area (Å²) >= 11 is 0. The predicted octanol–water partition coefficient (Wildman–Crippen LogP) is 3.00. The molecule has 0 aliphatic heterocycles. The van der Waals surface area contributed by atoms with E-state index < -0.39 is 8.56 Å². The summed E-state index contributed by atoms with van der Waals surface area (Å²) in [6.07, 6.45) is 1.03. The highest BCUT2D eigenvalue weighted by molar-refractivity contribution is 6.66. The van der Waals surface area contributed by atoms with Gasteiger partial charge >= 0.3 is 8.56 Å². The van der Waals surface area contributed by atoms with Gasteiger partial charge in [-0.05, 0) is 33.7 Å². The summed E-state index contributed by atoms with van der Waals surface area (Å²) < 4.78 is 11.5. The molecule has 0 aliphatic carbocycles. The summed E-state index contributed by atoms with van der Waals surface area (Å²) in [6.45, 7) is 12.7. The minimum atomic E-state index is -1.94. The van der Waals surface area contributed by atoms with Crippen LogP contribution >= 0.6 is 0 Å². The summed E-state index contributed by atoms with van der Waals surface area (Å²) in [5.41, 5.74) is 1.21. The van der Waals surface area contributed by atoms with E-state index in [9.17, 15) is 0 Å². The Labute approximate surface area is 95.1 Å². The van der Waals surface area contributed by atoms with Gasteiger partial charge in [0.25, 0.3) is 0 Å². The van der Waals surface area contributed by atoms with Gasteiger partial charge in [-0.25, -0.2) is 0 Å². The number of aliphatic imine (C=N–C) groups is 1. The van der Waals surface area contributed by atoms with Gasteiger partial charge < -0.3 is 8.85 Å². The second kappa shape index (κ2) is 8.02. The van der Waals surface area contributed by atoms with E-state index in [-0.39, 0.29) is 0 Å². The summed E-state index contributed by atoms with van der Waals surface area (Å²) in [4.78, 5) is 4.48. The van der Waals surface area contributed by atoms with Gasteiger partial charge in [0.1, 0.15) is 0 Å². The summed E-state index contributed by atoms with van der Waals surface area (Å²) in [7, 11) is -1.94. The third-order valence-electron chi connectivity index (χ3n) is 2.36. The van der Waals surface area contributed by atoms with Crippen LogP contribution in [-0.4, -0.2) is 34.0 Å². The molecule has 0 aliphatic rings. The van der Waals surface area contributed by atoms with Crippen molar-refractivity contribution >= 4 is 14.3 Å². The zero-order chi connectivity index (χ0) is 11.7. The van der Waals surface area contributed by atoms with Crippen LogP contribution in [0.4, 0.5) is 0 Å². The van der Waals surface area contributed by atoms with Crippen molar-refractivity contribution in [2.75, 3.05) is 19.8 Å². The fourth-order valence-electron chi connectivity index (χ4n) is 1.36. The van der Waals surface area contributed by atoms with E-state index >= 15 is 0 Å². The topological polar surface area (TPSA) is 30.8 Å². The van der Waals surface area contributed by atoms with Crippen LogP contribution in [0.1, 0.15) is 34.1 Å². The summed E-state index contributed by atoms with van der Waals surface area (Å²) in [6, 6.07) is 0.950. The fourth-order valence-corrected chi connectivity index (χ4v) is 3.47. The highest BCUT2D eigenvalue weighted by Crippen LogP contribution is 2.13. The fraction of sp³-hybridized carbons (Fsp3) is 0.909.